The van der Waals surface area contributed by atoms with Gasteiger partial charge in [-0.2, -0.15) is 9.61 Å². The van der Waals surface area contributed by atoms with Crippen LogP contribution in [0.3, 0.4) is 0 Å². The summed E-state index contributed by atoms with van der Waals surface area (Å²) in [6.45, 7) is 0. The highest BCUT2D eigenvalue weighted by molar-refractivity contribution is 6.18. The molecule has 0 amide bonds. The van der Waals surface area contributed by atoms with Gasteiger partial charge >= 0.3 is 0 Å². The second-order valence-corrected chi connectivity index (χ2v) is 5.38. The van der Waals surface area contributed by atoms with E-state index in [1.807, 2.05) is 48.5 Å². The summed E-state index contributed by atoms with van der Waals surface area (Å²) < 4.78 is 6.94. The fourth-order valence-corrected chi connectivity index (χ4v) is 2.86. The van der Waals surface area contributed by atoms with Gasteiger partial charge in [0.15, 0.2) is 11.5 Å². The summed E-state index contributed by atoms with van der Waals surface area (Å²) in [7, 11) is 1.64. The molecule has 5 nitrogen and oxygen atoms in total. The van der Waals surface area contributed by atoms with Crippen molar-refractivity contribution in [2.45, 2.75) is 5.88 Å². The third kappa shape index (κ3) is 2.21. The normalized spacial score (nSPS) is 11.2. The van der Waals surface area contributed by atoms with Gasteiger partial charge in [-0.3, -0.25) is 0 Å². The predicted molar refractivity (Wildman–Crippen MR) is 89.8 cm³/mol. The van der Waals surface area contributed by atoms with Crippen LogP contribution in [0.5, 0.6) is 5.75 Å². The number of benzene rings is 2. The average Bonchev–Trinajstić information content (AvgIpc) is 3.05. The SMILES string of the molecule is COc1ccc(-c2nnc3c4ccccc4c(CCl)nn23)cc1. The fraction of sp³-hybridized carbons (Fsp3) is 0.118. The number of fused-ring (bicyclic) bond motifs is 3. The predicted octanol–water partition coefficient (Wildman–Crippen LogP) is 3.69. The number of halogens is 1. The van der Waals surface area contributed by atoms with E-state index in [0.29, 0.717) is 11.7 Å². The van der Waals surface area contributed by atoms with Crippen molar-refractivity contribution < 1.29 is 4.74 Å². The van der Waals surface area contributed by atoms with E-state index in [2.05, 4.69) is 15.3 Å². The Hall–Kier alpha value is -2.66. The smallest absolute Gasteiger partial charge is 0.186 e. The lowest BCUT2D eigenvalue weighted by molar-refractivity contribution is 0.415. The van der Waals surface area contributed by atoms with Gasteiger partial charge < -0.3 is 4.74 Å². The van der Waals surface area contributed by atoms with Gasteiger partial charge in [-0.15, -0.1) is 21.8 Å². The number of methoxy groups -OCH3 is 1. The van der Waals surface area contributed by atoms with Crippen LogP contribution in [0.25, 0.3) is 27.8 Å². The van der Waals surface area contributed by atoms with Crippen LogP contribution in [0, 0.1) is 0 Å². The zero-order valence-corrected chi connectivity index (χ0v) is 13.2. The maximum atomic E-state index is 6.08. The molecular weight excluding hydrogens is 312 g/mol. The van der Waals surface area contributed by atoms with Gasteiger partial charge in [-0.25, -0.2) is 0 Å². The molecule has 23 heavy (non-hydrogen) atoms. The van der Waals surface area contributed by atoms with Gasteiger partial charge in [0.1, 0.15) is 5.75 Å². The molecule has 0 saturated carbocycles. The maximum absolute atomic E-state index is 6.08. The van der Waals surface area contributed by atoms with E-state index in [1.165, 1.54) is 0 Å². The minimum Gasteiger partial charge on any atom is -0.497 e. The summed E-state index contributed by atoms with van der Waals surface area (Å²) in [5.41, 5.74) is 2.45. The van der Waals surface area contributed by atoms with Crippen molar-refractivity contribution in [3.05, 3.63) is 54.2 Å². The molecule has 0 spiro atoms. The summed E-state index contributed by atoms with van der Waals surface area (Å²) in [5.74, 6) is 1.80. The monoisotopic (exact) mass is 324 g/mol. The number of aromatic nitrogens is 4. The van der Waals surface area contributed by atoms with Crippen LogP contribution in [0.1, 0.15) is 5.69 Å². The third-order valence-electron chi connectivity index (χ3n) is 3.82. The highest BCUT2D eigenvalue weighted by Crippen LogP contribution is 2.26. The Labute approximate surface area is 137 Å². The number of hydrogen-bond donors (Lipinski definition) is 0. The number of nitrogens with zero attached hydrogens (tertiary/aromatic N) is 4. The van der Waals surface area contributed by atoms with Crippen molar-refractivity contribution in [2.24, 2.45) is 0 Å². The zero-order chi connectivity index (χ0) is 15.8. The zero-order valence-electron chi connectivity index (χ0n) is 12.4. The van der Waals surface area contributed by atoms with Crippen LogP contribution in [-0.4, -0.2) is 26.9 Å². The van der Waals surface area contributed by atoms with Gasteiger partial charge in [-0.05, 0) is 24.3 Å². The molecule has 2 aromatic heterocycles. The van der Waals surface area contributed by atoms with Crippen molar-refractivity contribution in [3.8, 4) is 17.1 Å². The van der Waals surface area contributed by atoms with E-state index in [9.17, 15) is 0 Å². The van der Waals surface area contributed by atoms with Gasteiger partial charge in [0, 0.05) is 16.3 Å². The van der Waals surface area contributed by atoms with E-state index >= 15 is 0 Å². The molecule has 0 bridgehead atoms. The van der Waals surface area contributed by atoms with Crippen molar-refractivity contribution in [2.75, 3.05) is 7.11 Å². The van der Waals surface area contributed by atoms with Crippen LogP contribution < -0.4 is 4.74 Å². The lowest BCUT2D eigenvalue weighted by Gasteiger charge is -2.06. The van der Waals surface area contributed by atoms with Crippen molar-refractivity contribution in [1.82, 2.24) is 19.8 Å². The molecule has 0 aliphatic rings. The number of hydrogen-bond acceptors (Lipinski definition) is 4. The molecule has 0 atom stereocenters. The molecule has 0 radical (unpaired) electrons. The molecule has 0 aliphatic heterocycles. The Bertz CT molecular complexity index is 995. The first-order valence-corrected chi connectivity index (χ1v) is 7.68. The van der Waals surface area contributed by atoms with Gasteiger partial charge in [0.25, 0.3) is 0 Å². The summed E-state index contributed by atoms with van der Waals surface area (Å²) >= 11 is 6.08. The molecule has 4 rings (SSSR count). The number of rotatable bonds is 3. The quantitative estimate of drug-likeness (QED) is 0.539. The molecule has 0 N–H and O–H groups in total. The highest BCUT2D eigenvalue weighted by atomic mass is 35.5. The first-order chi connectivity index (χ1) is 11.3. The standard InChI is InChI=1S/C17H13ClN4O/c1-23-12-8-6-11(7-9-12)16-19-20-17-14-5-3-2-4-13(14)15(10-18)21-22(16)17/h2-9H,10H2,1H3. The highest BCUT2D eigenvalue weighted by Gasteiger charge is 2.14. The summed E-state index contributed by atoms with van der Waals surface area (Å²) in [5, 5.41) is 15.3. The van der Waals surface area contributed by atoms with Crippen LogP contribution in [0.15, 0.2) is 48.5 Å². The Balaban J connectivity index is 2.00. The molecular formula is C17H13ClN4O. The molecule has 114 valence electrons. The summed E-state index contributed by atoms with van der Waals surface area (Å²) in [4.78, 5) is 0. The third-order valence-corrected chi connectivity index (χ3v) is 4.07. The molecule has 4 aromatic rings. The summed E-state index contributed by atoms with van der Waals surface area (Å²) in [6, 6.07) is 15.6. The van der Waals surface area contributed by atoms with Crippen LogP contribution in [0.2, 0.25) is 0 Å². The topological polar surface area (TPSA) is 52.3 Å². The van der Waals surface area contributed by atoms with Gasteiger partial charge in [0.05, 0.1) is 18.7 Å². The minimum atomic E-state index is 0.330. The van der Waals surface area contributed by atoms with Crippen molar-refractivity contribution in [3.63, 3.8) is 0 Å². The summed E-state index contributed by atoms with van der Waals surface area (Å²) in [6.07, 6.45) is 0. The van der Waals surface area contributed by atoms with E-state index in [4.69, 9.17) is 16.3 Å². The van der Waals surface area contributed by atoms with Gasteiger partial charge in [-0.1, -0.05) is 24.3 Å². The van der Waals surface area contributed by atoms with E-state index in [0.717, 1.165) is 33.4 Å². The second-order valence-electron chi connectivity index (χ2n) is 5.11. The molecule has 6 heteroatoms. The molecule has 0 saturated heterocycles. The van der Waals surface area contributed by atoms with Crippen LogP contribution in [0.4, 0.5) is 0 Å². The molecule has 2 aromatic carbocycles. The van der Waals surface area contributed by atoms with Crippen LogP contribution in [-0.2, 0) is 5.88 Å². The average molecular weight is 325 g/mol. The van der Waals surface area contributed by atoms with Crippen molar-refractivity contribution >= 4 is 28.0 Å². The minimum absolute atomic E-state index is 0.330. The maximum Gasteiger partial charge on any atom is 0.186 e. The van der Waals surface area contributed by atoms with E-state index in [1.54, 1.807) is 11.6 Å². The first-order valence-electron chi connectivity index (χ1n) is 7.15. The van der Waals surface area contributed by atoms with E-state index < -0.39 is 0 Å². The first kappa shape index (κ1) is 14.0. The van der Waals surface area contributed by atoms with Crippen LogP contribution >= 0.6 is 11.6 Å². The lowest BCUT2D eigenvalue weighted by atomic mass is 10.1. The lowest BCUT2D eigenvalue weighted by Crippen LogP contribution is -2.00. The fourth-order valence-electron chi connectivity index (χ4n) is 2.67. The molecule has 0 aliphatic carbocycles. The molecule has 0 unspecified atom stereocenters. The number of alkyl halides is 1. The molecule has 0 fully saturated rings. The van der Waals surface area contributed by atoms with E-state index in [-0.39, 0.29) is 0 Å². The van der Waals surface area contributed by atoms with Crippen molar-refractivity contribution in [1.29, 1.82) is 0 Å². The Morgan fingerprint density at radius 3 is 2.43 bits per heavy atom. The Morgan fingerprint density at radius 2 is 1.74 bits per heavy atom. The van der Waals surface area contributed by atoms with Gasteiger partial charge in [0.2, 0.25) is 0 Å². The molecule has 2 heterocycles. The Kier molecular flexibility index (Phi) is 3.35. The second kappa shape index (κ2) is 5.52. The number of ether oxygens (including phenoxy) is 1. The largest absolute Gasteiger partial charge is 0.497 e. The Morgan fingerprint density at radius 1 is 1.00 bits per heavy atom.